The molecule has 6 nitrogen and oxygen atoms in total. The van der Waals surface area contributed by atoms with Crippen LogP contribution in [0, 0.1) is 0 Å². The van der Waals surface area contributed by atoms with Crippen molar-refractivity contribution in [3.05, 3.63) is 29.8 Å². The summed E-state index contributed by atoms with van der Waals surface area (Å²) >= 11 is 0. The summed E-state index contributed by atoms with van der Waals surface area (Å²) in [6, 6.07) is 5.92. The molecule has 1 atom stereocenters. The normalized spacial score (nSPS) is 11.5. The first-order chi connectivity index (χ1) is 9.90. The molecule has 0 saturated heterocycles. The average molecular weight is 293 g/mol. The first kappa shape index (κ1) is 16.7. The summed E-state index contributed by atoms with van der Waals surface area (Å²) in [7, 11) is 0. The second-order valence-corrected chi connectivity index (χ2v) is 4.66. The van der Waals surface area contributed by atoms with Crippen molar-refractivity contribution in [2.24, 2.45) is 0 Å². The number of nitrogens with one attached hydrogen (secondary N) is 1. The van der Waals surface area contributed by atoms with Crippen LogP contribution in [0.3, 0.4) is 0 Å². The van der Waals surface area contributed by atoms with E-state index >= 15 is 0 Å². The molecule has 2 N–H and O–H groups in total. The van der Waals surface area contributed by atoms with Gasteiger partial charge in [-0.3, -0.25) is 14.4 Å². The van der Waals surface area contributed by atoms with Crippen molar-refractivity contribution in [1.82, 2.24) is 5.32 Å². The fraction of sp³-hybridized carbons (Fsp3) is 0.400. The van der Waals surface area contributed by atoms with Crippen LogP contribution >= 0.6 is 0 Å². The Morgan fingerprint density at radius 2 is 2.05 bits per heavy atom. The molecule has 0 spiro atoms. The summed E-state index contributed by atoms with van der Waals surface area (Å²) in [5.41, 5.74) is 0.570. The molecule has 114 valence electrons. The molecule has 0 saturated carbocycles. The van der Waals surface area contributed by atoms with Gasteiger partial charge in [0.05, 0.1) is 6.61 Å². The highest BCUT2D eigenvalue weighted by atomic mass is 16.5. The molecule has 0 aliphatic carbocycles. The van der Waals surface area contributed by atoms with Gasteiger partial charge in [-0.25, -0.2) is 0 Å². The van der Waals surface area contributed by atoms with Crippen molar-refractivity contribution < 1.29 is 24.2 Å². The molecule has 0 bridgehead atoms. The smallest absolute Gasteiger partial charge is 0.325 e. The zero-order valence-electron chi connectivity index (χ0n) is 12.1. The number of ether oxygens (including phenoxy) is 1. The number of aliphatic carboxylic acids is 1. The maximum absolute atomic E-state index is 11.4. The van der Waals surface area contributed by atoms with E-state index in [2.05, 4.69) is 5.32 Å². The molecule has 21 heavy (non-hydrogen) atoms. The molecular formula is C15H19NO5. The minimum Gasteiger partial charge on any atom is -0.494 e. The van der Waals surface area contributed by atoms with Crippen LogP contribution in [0.15, 0.2) is 24.3 Å². The van der Waals surface area contributed by atoms with Gasteiger partial charge in [-0.15, -0.1) is 0 Å². The van der Waals surface area contributed by atoms with Gasteiger partial charge in [-0.05, 0) is 32.4 Å². The molecule has 1 aromatic rings. The van der Waals surface area contributed by atoms with E-state index in [9.17, 15) is 14.4 Å². The van der Waals surface area contributed by atoms with E-state index in [1.54, 1.807) is 24.3 Å². The number of rotatable bonds is 8. The van der Waals surface area contributed by atoms with E-state index in [0.29, 0.717) is 24.3 Å². The Bertz CT molecular complexity index is 527. The third-order valence-electron chi connectivity index (χ3n) is 2.81. The highest BCUT2D eigenvalue weighted by molar-refractivity contribution is 5.94. The van der Waals surface area contributed by atoms with Crippen LogP contribution in [-0.2, 0) is 9.59 Å². The van der Waals surface area contributed by atoms with Gasteiger partial charge in [0.15, 0.2) is 5.78 Å². The van der Waals surface area contributed by atoms with Crippen molar-refractivity contribution in [1.29, 1.82) is 0 Å². The Balaban J connectivity index is 2.31. The van der Waals surface area contributed by atoms with Gasteiger partial charge in [0, 0.05) is 12.0 Å². The molecule has 0 aromatic heterocycles. The molecular weight excluding hydrogens is 274 g/mol. The van der Waals surface area contributed by atoms with Crippen LogP contribution in [0.2, 0.25) is 0 Å². The van der Waals surface area contributed by atoms with Gasteiger partial charge >= 0.3 is 5.97 Å². The zero-order chi connectivity index (χ0) is 15.8. The third kappa shape index (κ3) is 6.07. The number of carbonyl (C=O) groups is 3. The predicted molar refractivity (Wildman–Crippen MR) is 76.4 cm³/mol. The Morgan fingerprint density at radius 1 is 1.33 bits per heavy atom. The summed E-state index contributed by atoms with van der Waals surface area (Å²) in [6.45, 7) is 3.20. The molecule has 0 heterocycles. The highest BCUT2D eigenvalue weighted by Gasteiger charge is 2.13. The molecule has 1 unspecified atom stereocenters. The van der Waals surface area contributed by atoms with Crippen LogP contribution in [0.25, 0.3) is 0 Å². The lowest BCUT2D eigenvalue weighted by molar-refractivity contribution is -0.141. The number of carboxylic acid groups (broad SMARTS) is 1. The molecule has 1 aromatic carbocycles. The molecule has 0 fully saturated rings. The first-order valence-corrected chi connectivity index (χ1v) is 6.66. The van der Waals surface area contributed by atoms with Crippen molar-refractivity contribution >= 4 is 17.7 Å². The number of carbonyl (C=O) groups excluding carboxylic acids is 2. The lowest BCUT2D eigenvalue weighted by atomic mass is 10.1. The quantitative estimate of drug-likeness (QED) is 0.561. The summed E-state index contributed by atoms with van der Waals surface area (Å²) in [5.74, 6) is -0.865. The highest BCUT2D eigenvalue weighted by Crippen LogP contribution is 2.14. The first-order valence-electron chi connectivity index (χ1n) is 6.66. The number of carboxylic acids is 1. The zero-order valence-corrected chi connectivity index (χ0v) is 12.1. The van der Waals surface area contributed by atoms with Crippen LogP contribution in [0.4, 0.5) is 0 Å². The van der Waals surface area contributed by atoms with Crippen LogP contribution in [-0.4, -0.2) is 35.4 Å². The maximum Gasteiger partial charge on any atom is 0.325 e. The Labute approximate surface area is 123 Å². The lowest BCUT2D eigenvalue weighted by Gasteiger charge is -2.10. The lowest BCUT2D eigenvalue weighted by Crippen LogP contribution is -2.38. The summed E-state index contributed by atoms with van der Waals surface area (Å²) < 4.78 is 5.45. The van der Waals surface area contributed by atoms with E-state index in [4.69, 9.17) is 9.84 Å². The second-order valence-electron chi connectivity index (χ2n) is 4.66. The van der Waals surface area contributed by atoms with E-state index < -0.39 is 12.0 Å². The van der Waals surface area contributed by atoms with Gasteiger partial charge in [-0.1, -0.05) is 12.1 Å². The fourth-order valence-corrected chi connectivity index (χ4v) is 1.60. The molecule has 1 rings (SSSR count). The summed E-state index contributed by atoms with van der Waals surface area (Å²) in [6.07, 6.45) is 0.645. The van der Waals surface area contributed by atoms with Crippen LogP contribution in [0.5, 0.6) is 5.75 Å². The number of ketones is 1. The largest absolute Gasteiger partial charge is 0.494 e. The third-order valence-corrected chi connectivity index (χ3v) is 2.81. The maximum atomic E-state index is 11.4. The topological polar surface area (TPSA) is 92.7 Å². The fourth-order valence-electron chi connectivity index (χ4n) is 1.60. The minimum absolute atomic E-state index is 0.0394. The van der Waals surface area contributed by atoms with E-state index in [1.165, 1.54) is 13.8 Å². The second kappa shape index (κ2) is 8.04. The Hall–Kier alpha value is -2.37. The average Bonchev–Trinajstić information content (AvgIpc) is 2.43. The van der Waals surface area contributed by atoms with Crippen molar-refractivity contribution in [2.75, 3.05) is 6.61 Å². The number of hydrogen-bond donors (Lipinski definition) is 2. The van der Waals surface area contributed by atoms with E-state index in [1.807, 2.05) is 0 Å². The van der Waals surface area contributed by atoms with Crippen molar-refractivity contribution in [3.8, 4) is 5.75 Å². The molecule has 0 radical (unpaired) electrons. The Morgan fingerprint density at radius 3 is 2.67 bits per heavy atom. The molecule has 6 heteroatoms. The van der Waals surface area contributed by atoms with Crippen LogP contribution in [0.1, 0.15) is 37.0 Å². The molecule has 0 aliphatic rings. The van der Waals surface area contributed by atoms with Crippen molar-refractivity contribution in [2.45, 2.75) is 32.7 Å². The van der Waals surface area contributed by atoms with Gasteiger partial charge in [-0.2, -0.15) is 0 Å². The summed E-state index contributed by atoms with van der Waals surface area (Å²) in [4.78, 5) is 33.2. The molecule has 0 aliphatic heterocycles. The minimum atomic E-state index is -1.07. The van der Waals surface area contributed by atoms with Gasteiger partial charge in [0.2, 0.25) is 5.91 Å². The predicted octanol–water partition coefficient (Wildman–Crippen LogP) is 1.64. The number of Topliss-reactive ketones (excluding diaryl/α,β-unsaturated/α-hetero) is 1. The SMILES string of the molecule is CC(=O)c1cccc(OCCCC(=O)NC(C)C(=O)O)c1. The number of hydrogen-bond acceptors (Lipinski definition) is 4. The van der Waals surface area contributed by atoms with Gasteiger partial charge in [0.1, 0.15) is 11.8 Å². The van der Waals surface area contributed by atoms with E-state index in [-0.39, 0.29) is 18.1 Å². The van der Waals surface area contributed by atoms with Crippen molar-refractivity contribution in [3.63, 3.8) is 0 Å². The monoisotopic (exact) mass is 293 g/mol. The standard InChI is InChI=1S/C15H19NO5/c1-10(15(19)20)16-14(18)7-4-8-21-13-6-3-5-12(9-13)11(2)17/h3,5-6,9-10H,4,7-8H2,1-2H3,(H,16,18)(H,19,20). The van der Waals surface area contributed by atoms with E-state index in [0.717, 1.165) is 0 Å². The van der Waals surface area contributed by atoms with Crippen LogP contribution < -0.4 is 10.1 Å². The number of benzene rings is 1. The summed E-state index contributed by atoms with van der Waals surface area (Å²) in [5, 5.41) is 11.0. The van der Waals surface area contributed by atoms with Gasteiger partial charge in [0.25, 0.3) is 0 Å². The van der Waals surface area contributed by atoms with Gasteiger partial charge < -0.3 is 15.2 Å². The molecule has 1 amide bonds. The Kier molecular flexibility index (Phi) is 6.39. The number of amides is 1.